The molecule has 0 aliphatic carbocycles. The zero-order chi connectivity index (χ0) is 13.8. The first-order valence-corrected chi connectivity index (χ1v) is 6.38. The summed E-state index contributed by atoms with van der Waals surface area (Å²) in [6.07, 6.45) is 0. The van der Waals surface area contributed by atoms with Crippen molar-refractivity contribution in [2.24, 2.45) is 0 Å². The summed E-state index contributed by atoms with van der Waals surface area (Å²) in [5.74, 6) is 1.84. The molecule has 0 atom stereocenters. The van der Waals surface area contributed by atoms with E-state index in [9.17, 15) is 0 Å². The minimum atomic E-state index is 0.455. The van der Waals surface area contributed by atoms with Gasteiger partial charge in [-0.2, -0.15) is 5.26 Å². The first-order valence-electron chi connectivity index (χ1n) is 6.38. The summed E-state index contributed by atoms with van der Waals surface area (Å²) in [6, 6.07) is 15.7. The fourth-order valence-corrected chi connectivity index (χ4v) is 1.87. The van der Waals surface area contributed by atoms with Crippen LogP contribution in [0, 0.1) is 18.3 Å². The second-order valence-corrected chi connectivity index (χ2v) is 4.94. The Hall–Kier alpha value is -2.27. The predicted octanol–water partition coefficient (Wildman–Crippen LogP) is 4.78. The Bertz CT molecular complexity index is 623. The molecule has 0 unspecified atom stereocenters. The molecule has 2 aromatic carbocycles. The lowest BCUT2D eigenvalue weighted by molar-refractivity contribution is 0.479. The summed E-state index contributed by atoms with van der Waals surface area (Å²) in [7, 11) is 0. The van der Waals surface area contributed by atoms with Crippen LogP contribution < -0.4 is 4.74 Å². The van der Waals surface area contributed by atoms with Gasteiger partial charge in [-0.25, -0.2) is 0 Å². The highest BCUT2D eigenvalue weighted by atomic mass is 16.5. The van der Waals surface area contributed by atoms with Crippen molar-refractivity contribution in [3.63, 3.8) is 0 Å². The molecule has 0 amide bonds. The number of aryl methyl sites for hydroxylation is 1. The van der Waals surface area contributed by atoms with Gasteiger partial charge in [0, 0.05) is 0 Å². The highest BCUT2D eigenvalue weighted by Gasteiger charge is 2.06. The third-order valence-electron chi connectivity index (χ3n) is 3.01. The van der Waals surface area contributed by atoms with Gasteiger partial charge in [0.05, 0.1) is 5.56 Å². The summed E-state index contributed by atoms with van der Waals surface area (Å²) in [5, 5.41) is 9.10. The lowest BCUT2D eigenvalue weighted by Crippen LogP contribution is -1.92. The van der Waals surface area contributed by atoms with E-state index in [-0.39, 0.29) is 0 Å². The highest BCUT2D eigenvalue weighted by molar-refractivity contribution is 5.47. The van der Waals surface area contributed by atoms with Crippen LogP contribution in [0.5, 0.6) is 11.5 Å². The minimum absolute atomic E-state index is 0.455. The van der Waals surface area contributed by atoms with Gasteiger partial charge in [0.25, 0.3) is 0 Å². The van der Waals surface area contributed by atoms with Crippen molar-refractivity contribution in [1.82, 2.24) is 0 Å². The Morgan fingerprint density at radius 2 is 1.89 bits per heavy atom. The lowest BCUT2D eigenvalue weighted by Gasteiger charge is -2.11. The van der Waals surface area contributed by atoms with Gasteiger partial charge in [-0.05, 0) is 48.2 Å². The number of rotatable bonds is 3. The van der Waals surface area contributed by atoms with Gasteiger partial charge < -0.3 is 4.74 Å². The molecule has 0 aromatic heterocycles. The molecule has 0 N–H and O–H groups in total. The average Bonchev–Trinajstić information content (AvgIpc) is 2.39. The number of hydrogen-bond acceptors (Lipinski definition) is 2. The fraction of sp³-hybridized carbons (Fsp3) is 0.235. The van der Waals surface area contributed by atoms with Crippen molar-refractivity contribution >= 4 is 0 Å². The van der Waals surface area contributed by atoms with Crippen LogP contribution in [0.25, 0.3) is 0 Å². The van der Waals surface area contributed by atoms with Crippen LogP contribution in [-0.2, 0) is 0 Å². The quantitative estimate of drug-likeness (QED) is 0.786. The Labute approximate surface area is 114 Å². The molecule has 0 heterocycles. The monoisotopic (exact) mass is 251 g/mol. The third-order valence-corrected chi connectivity index (χ3v) is 3.01. The number of hydrogen-bond donors (Lipinski definition) is 0. The summed E-state index contributed by atoms with van der Waals surface area (Å²) in [6.45, 7) is 6.28. The van der Waals surface area contributed by atoms with E-state index in [1.165, 1.54) is 5.56 Å². The molecule has 0 saturated heterocycles. The summed E-state index contributed by atoms with van der Waals surface area (Å²) in [4.78, 5) is 0. The first kappa shape index (κ1) is 13.2. The van der Waals surface area contributed by atoms with Crippen LogP contribution in [-0.4, -0.2) is 0 Å². The minimum Gasteiger partial charge on any atom is -0.456 e. The van der Waals surface area contributed by atoms with Crippen LogP contribution in [0.4, 0.5) is 0 Å². The van der Waals surface area contributed by atoms with E-state index in [2.05, 4.69) is 26.0 Å². The van der Waals surface area contributed by atoms with Gasteiger partial charge in [0.1, 0.15) is 17.6 Å². The normalized spacial score (nSPS) is 10.3. The van der Waals surface area contributed by atoms with E-state index in [1.807, 2.05) is 37.3 Å². The summed E-state index contributed by atoms with van der Waals surface area (Å²) < 4.78 is 5.85. The average molecular weight is 251 g/mol. The molecule has 2 nitrogen and oxygen atoms in total. The molecule has 19 heavy (non-hydrogen) atoms. The Kier molecular flexibility index (Phi) is 3.87. The molecule has 0 fully saturated rings. The van der Waals surface area contributed by atoms with Crippen molar-refractivity contribution < 1.29 is 4.74 Å². The zero-order valence-electron chi connectivity index (χ0n) is 11.5. The number of nitrogens with zero attached hydrogens (tertiary/aromatic N) is 1. The largest absolute Gasteiger partial charge is 0.456 e. The van der Waals surface area contributed by atoms with Gasteiger partial charge in [-0.1, -0.05) is 32.0 Å². The van der Waals surface area contributed by atoms with Crippen LogP contribution >= 0.6 is 0 Å². The predicted molar refractivity (Wildman–Crippen MR) is 76.5 cm³/mol. The van der Waals surface area contributed by atoms with Gasteiger partial charge in [0.15, 0.2) is 0 Å². The van der Waals surface area contributed by atoms with Gasteiger partial charge in [-0.15, -0.1) is 0 Å². The first-order chi connectivity index (χ1) is 9.10. The molecular weight excluding hydrogens is 234 g/mol. The second-order valence-electron chi connectivity index (χ2n) is 4.94. The van der Waals surface area contributed by atoms with Crippen LogP contribution in [0.1, 0.15) is 36.5 Å². The van der Waals surface area contributed by atoms with Crippen molar-refractivity contribution in [2.75, 3.05) is 0 Å². The zero-order valence-corrected chi connectivity index (χ0v) is 11.5. The maximum Gasteiger partial charge on any atom is 0.145 e. The lowest BCUT2D eigenvalue weighted by atomic mass is 10.0. The third kappa shape index (κ3) is 3.14. The number of benzene rings is 2. The van der Waals surface area contributed by atoms with Crippen LogP contribution in [0.2, 0.25) is 0 Å². The summed E-state index contributed by atoms with van der Waals surface area (Å²) >= 11 is 0. The highest BCUT2D eigenvalue weighted by Crippen LogP contribution is 2.28. The van der Waals surface area contributed by atoms with Crippen molar-refractivity contribution in [2.45, 2.75) is 26.7 Å². The molecule has 96 valence electrons. The molecule has 0 radical (unpaired) electrons. The Balaban J connectivity index is 2.33. The van der Waals surface area contributed by atoms with Crippen LogP contribution in [0.3, 0.4) is 0 Å². The molecule has 2 heteroatoms. The molecule has 0 aliphatic rings. The SMILES string of the molecule is Cc1ccc(C#N)c(Oc2cccc(C(C)C)c2)c1. The molecule has 0 aliphatic heterocycles. The Morgan fingerprint density at radius 3 is 2.58 bits per heavy atom. The molecular formula is C17H17NO. The maximum atomic E-state index is 9.10. The van der Waals surface area contributed by atoms with Crippen molar-refractivity contribution in [3.8, 4) is 17.6 Å². The molecule has 2 aromatic rings. The fourth-order valence-electron chi connectivity index (χ4n) is 1.87. The van der Waals surface area contributed by atoms with Gasteiger partial charge in [-0.3, -0.25) is 0 Å². The van der Waals surface area contributed by atoms with E-state index in [0.717, 1.165) is 11.3 Å². The van der Waals surface area contributed by atoms with Crippen molar-refractivity contribution in [3.05, 3.63) is 59.2 Å². The second kappa shape index (κ2) is 5.58. The maximum absolute atomic E-state index is 9.10. The smallest absolute Gasteiger partial charge is 0.145 e. The molecule has 0 saturated carbocycles. The molecule has 0 spiro atoms. The van der Waals surface area contributed by atoms with E-state index in [0.29, 0.717) is 17.2 Å². The van der Waals surface area contributed by atoms with Gasteiger partial charge in [0.2, 0.25) is 0 Å². The van der Waals surface area contributed by atoms with Gasteiger partial charge >= 0.3 is 0 Å². The molecule has 2 rings (SSSR count). The number of ether oxygens (including phenoxy) is 1. The standard InChI is InChI=1S/C17H17NO/c1-12(2)14-5-4-6-16(10-14)19-17-9-13(3)7-8-15(17)11-18/h4-10,12H,1-3H3. The Morgan fingerprint density at radius 1 is 1.11 bits per heavy atom. The van der Waals surface area contributed by atoms with Crippen molar-refractivity contribution in [1.29, 1.82) is 5.26 Å². The number of nitriles is 1. The topological polar surface area (TPSA) is 33.0 Å². The molecule has 0 bridgehead atoms. The van der Waals surface area contributed by atoms with Crippen LogP contribution in [0.15, 0.2) is 42.5 Å². The van der Waals surface area contributed by atoms with E-state index in [1.54, 1.807) is 6.07 Å². The van der Waals surface area contributed by atoms with E-state index >= 15 is 0 Å². The van der Waals surface area contributed by atoms with E-state index in [4.69, 9.17) is 10.00 Å². The summed E-state index contributed by atoms with van der Waals surface area (Å²) in [5.41, 5.74) is 2.86. The van der Waals surface area contributed by atoms with E-state index < -0.39 is 0 Å².